The molecule has 8 nitrogen and oxygen atoms in total. The first kappa shape index (κ1) is 15.6. The van der Waals surface area contributed by atoms with E-state index < -0.39 is 6.03 Å². The highest BCUT2D eigenvalue weighted by Crippen LogP contribution is 2.25. The monoisotopic (exact) mass is 307 g/mol. The average Bonchev–Trinajstić information content (AvgIpc) is 2.85. The molecule has 0 radical (unpaired) electrons. The molecule has 0 atom stereocenters. The molecule has 0 aliphatic carbocycles. The minimum atomic E-state index is -0.440. The summed E-state index contributed by atoms with van der Waals surface area (Å²) in [6.07, 6.45) is 0. The zero-order chi connectivity index (χ0) is 15.9. The van der Waals surface area contributed by atoms with Gasteiger partial charge in [0.1, 0.15) is 0 Å². The predicted molar refractivity (Wildman–Crippen MR) is 76.6 cm³/mol. The predicted octanol–water partition coefficient (Wildman–Crippen LogP) is -0.258. The van der Waals surface area contributed by atoms with E-state index in [-0.39, 0.29) is 38.1 Å². The molecule has 4 amide bonds. The molecule has 1 aliphatic heterocycles. The van der Waals surface area contributed by atoms with E-state index in [1.54, 1.807) is 24.3 Å². The number of hydrogen-bond donors (Lipinski definition) is 2. The van der Waals surface area contributed by atoms with Crippen LogP contribution in [0, 0.1) is 0 Å². The summed E-state index contributed by atoms with van der Waals surface area (Å²) in [5, 5.41) is 4.98. The fourth-order valence-corrected chi connectivity index (χ4v) is 1.92. The van der Waals surface area contributed by atoms with Crippen LogP contribution in [0.25, 0.3) is 0 Å². The van der Waals surface area contributed by atoms with Gasteiger partial charge in [0.05, 0.1) is 13.7 Å². The lowest BCUT2D eigenvalue weighted by Crippen LogP contribution is -2.39. The van der Waals surface area contributed by atoms with Gasteiger partial charge in [-0.2, -0.15) is 0 Å². The number of benzene rings is 1. The second-order valence-electron chi connectivity index (χ2n) is 4.49. The fourth-order valence-electron chi connectivity index (χ4n) is 1.92. The third-order valence-corrected chi connectivity index (χ3v) is 3.02. The van der Waals surface area contributed by atoms with E-state index in [9.17, 15) is 14.4 Å². The van der Waals surface area contributed by atoms with E-state index in [0.717, 1.165) is 4.90 Å². The maximum Gasteiger partial charge on any atom is 0.324 e. The number of carbonyl (C=O) groups excluding carboxylic acids is 3. The number of amides is 4. The number of nitrogens with zero attached hydrogens (tertiary/aromatic N) is 1. The van der Waals surface area contributed by atoms with Crippen molar-refractivity contribution < 1.29 is 23.9 Å². The van der Waals surface area contributed by atoms with Gasteiger partial charge in [-0.1, -0.05) is 12.1 Å². The van der Waals surface area contributed by atoms with Crippen molar-refractivity contribution in [2.45, 2.75) is 0 Å². The standard InChI is InChI=1S/C14H17N3O5/c1-21-10-4-2-3-5-11(10)22-9-12(18)15-6-7-17-13(19)8-16-14(17)20/h2-5H,6-9H2,1H3,(H,15,18)(H,16,20). The Kier molecular flexibility index (Phi) is 5.18. The van der Waals surface area contributed by atoms with Crippen LogP contribution < -0.4 is 20.1 Å². The highest BCUT2D eigenvalue weighted by atomic mass is 16.5. The van der Waals surface area contributed by atoms with E-state index >= 15 is 0 Å². The van der Waals surface area contributed by atoms with Crippen LogP contribution in [-0.4, -0.2) is 56.1 Å². The molecule has 2 rings (SSSR count). The molecule has 118 valence electrons. The molecule has 0 saturated carbocycles. The van der Waals surface area contributed by atoms with Gasteiger partial charge in [0, 0.05) is 13.1 Å². The zero-order valence-corrected chi connectivity index (χ0v) is 12.1. The van der Waals surface area contributed by atoms with Crippen molar-refractivity contribution in [2.75, 3.05) is 33.4 Å². The first-order valence-corrected chi connectivity index (χ1v) is 6.72. The number of para-hydroxylation sites is 2. The Labute approximate surface area is 127 Å². The lowest BCUT2D eigenvalue weighted by molar-refractivity contribution is -0.126. The van der Waals surface area contributed by atoms with Crippen LogP contribution in [0.2, 0.25) is 0 Å². The summed E-state index contributed by atoms with van der Waals surface area (Å²) < 4.78 is 10.5. The van der Waals surface area contributed by atoms with Crippen LogP contribution in [-0.2, 0) is 9.59 Å². The molecule has 1 aromatic rings. The number of imide groups is 1. The molecule has 1 heterocycles. The van der Waals surface area contributed by atoms with Crippen LogP contribution in [0.5, 0.6) is 11.5 Å². The Morgan fingerprint density at radius 1 is 1.32 bits per heavy atom. The number of ether oxygens (including phenoxy) is 2. The lowest BCUT2D eigenvalue weighted by atomic mass is 10.3. The largest absolute Gasteiger partial charge is 0.493 e. The van der Waals surface area contributed by atoms with Crippen molar-refractivity contribution in [3.05, 3.63) is 24.3 Å². The van der Waals surface area contributed by atoms with Gasteiger partial charge in [0.25, 0.3) is 5.91 Å². The van der Waals surface area contributed by atoms with Gasteiger partial charge < -0.3 is 20.1 Å². The van der Waals surface area contributed by atoms with E-state index in [4.69, 9.17) is 9.47 Å². The molecule has 0 spiro atoms. The lowest BCUT2D eigenvalue weighted by Gasteiger charge is -2.13. The molecule has 2 N–H and O–H groups in total. The van der Waals surface area contributed by atoms with Crippen LogP contribution in [0.3, 0.4) is 0 Å². The highest BCUT2D eigenvalue weighted by molar-refractivity contribution is 6.01. The summed E-state index contributed by atoms with van der Waals surface area (Å²) in [4.78, 5) is 35.3. The minimum absolute atomic E-state index is 0.00366. The van der Waals surface area contributed by atoms with Crippen molar-refractivity contribution in [3.63, 3.8) is 0 Å². The van der Waals surface area contributed by atoms with Gasteiger partial charge in [0.2, 0.25) is 5.91 Å². The average molecular weight is 307 g/mol. The first-order valence-electron chi connectivity index (χ1n) is 6.72. The molecule has 22 heavy (non-hydrogen) atoms. The van der Waals surface area contributed by atoms with Gasteiger partial charge in [0.15, 0.2) is 18.1 Å². The molecule has 0 bridgehead atoms. The number of methoxy groups -OCH3 is 1. The molecular weight excluding hydrogens is 290 g/mol. The second-order valence-corrected chi connectivity index (χ2v) is 4.49. The van der Waals surface area contributed by atoms with Gasteiger partial charge in [-0.15, -0.1) is 0 Å². The Morgan fingerprint density at radius 2 is 2.05 bits per heavy atom. The van der Waals surface area contributed by atoms with Gasteiger partial charge in [-0.3, -0.25) is 14.5 Å². The number of rotatable bonds is 7. The quantitative estimate of drug-likeness (QED) is 0.677. The summed E-state index contributed by atoms with van der Waals surface area (Å²) in [5.74, 6) is 0.353. The molecule has 0 unspecified atom stereocenters. The maximum absolute atomic E-state index is 11.7. The summed E-state index contributed by atoms with van der Waals surface area (Å²) in [5.41, 5.74) is 0. The third kappa shape index (κ3) is 3.87. The molecule has 8 heteroatoms. The van der Waals surface area contributed by atoms with Crippen molar-refractivity contribution in [1.29, 1.82) is 0 Å². The number of nitrogens with one attached hydrogen (secondary N) is 2. The maximum atomic E-state index is 11.7. The van der Waals surface area contributed by atoms with Crippen molar-refractivity contribution in [3.8, 4) is 11.5 Å². The highest BCUT2D eigenvalue weighted by Gasteiger charge is 2.27. The number of carbonyl (C=O) groups is 3. The van der Waals surface area contributed by atoms with Gasteiger partial charge in [-0.25, -0.2) is 4.79 Å². The van der Waals surface area contributed by atoms with Crippen LogP contribution in [0.1, 0.15) is 0 Å². The smallest absolute Gasteiger partial charge is 0.324 e. The topological polar surface area (TPSA) is 97.0 Å². The number of urea groups is 1. The van der Waals surface area contributed by atoms with Gasteiger partial charge in [-0.05, 0) is 12.1 Å². The van der Waals surface area contributed by atoms with Crippen LogP contribution >= 0.6 is 0 Å². The molecule has 1 aliphatic rings. The zero-order valence-electron chi connectivity index (χ0n) is 12.1. The Balaban J connectivity index is 1.72. The first-order chi connectivity index (χ1) is 10.6. The third-order valence-electron chi connectivity index (χ3n) is 3.02. The van der Waals surface area contributed by atoms with Crippen LogP contribution in [0.4, 0.5) is 4.79 Å². The van der Waals surface area contributed by atoms with E-state index in [2.05, 4.69) is 10.6 Å². The van der Waals surface area contributed by atoms with Crippen molar-refractivity contribution >= 4 is 17.8 Å². The Hall–Kier alpha value is -2.77. The SMILES string of the molecule is COc1ccccc1OCC(=O)NCCN1C(=O)CNC1=O. The molecule has 0 aromatic heterocycles. The fraction of sp³-hybridized carbons (Fsp3) is 0.357. The van der Waals surface area contributed by atoms with Gasteiger partial charge >= 0.3 is 6.03 Å². The summed E-state index contributed by atoms with van der Waals surface area (Å²) in [6, 6.07) is 6.55. The summed E-state index contributed by atoms with van der Waals surface area (Å²) in [6.45, 7) is 0.128. The normalized spacial score (nSPS) is 13.8. The van der Waals surface area contributed by atoms with Crippen molar-refractivity contribution in [1.82, 2.24) is 15.5 Å². The summed E-state index contributed by atoms with van der Waals surface area (Å²) in [7, 11) is 1.51. The molecule has 1 fully saturated rings. The molecule has 1 aromatic carbocycles. The van der Waals surface area contributed by atoms with Crippen LogP contribution in [0.15, 0.2) is 24.3 Å². The Bertz CT molecular complexity index is 559. The summed E-state index contributed by atoms with van der Waals surface area (Å²) >= 11 is 0. The second kappa shape index (κ2) is 7.30. The van der Waals surface area contributed by atoms with Crippen molar-refractivity contribution in [2.24, 2.45) is 0 Å². The molecule has 1 saturated heterocycles. The molecular formula is C14H17N3O5. The van der Waals surface area contributed by atoms with E-state index in [0.29, 0.717) is 11.5 Å². The minimum Gasteiger partial charge on any atom is -0.493 e. The Morgan fingerprint density at radius 3 is 2.68 bits per heavy atom. The van der Waals surface area contributed by atoms with E-state index in [1.807, 2.05) is 0 Å². The van der Waals surface area contributed by atoms with E-state index in [1.165, 1.54) is 7.11 Å². The number of hydrogen-bond acceptors (Lipinski definition) is 5.